The molecule has 0 aliphatic heterocycles. The van der Waals surface area contributed by atoms with Gasteiger partial charge in [-0.25, -0.2) is 0 Å². The first-order valence-electron chi connectivity index (χ1n) is 5.46. The third-order valence-electron chi connectivity index (χ3n) is 3.04. The number of aryl methyl sites for hydroxylation is 2. The SMILES string of the molecule is NCCCc1cc2c(c(Br)c1O)CCC2. The summed E-state index contributed by atoms with van der Waals surface area (Å²) in [5.41, 5.74) is 9.21. The highest BCUT2D eigenvalue weighted by atomic mass is 79.9. The molecule has 0 heterocycles. The summed E-state index contributed by atoms with van der Waals surface area (Å²) >= 11 is 3.49. The normalized spacial score (nSPS) is 14.3. The van der Waals surface area contributed by atoms with E-state index in [1.807, 2.05) is 0 Å². The topological polar surface area (TPSA) is 46.2 Å². The maximum Gasteiger partial charge on any atom is 0.133 e. The summed E-state index contributed by atoms with van der Waals surface area (Å²) in [4.78, 5) is 0. The van der Waals surface area contributed by atoms with Gasteiger partial charge in [-0.2, -0.15) is 0 Å². The van der Waals surface area contributed by atoms with E-state index in [4.69, 9.17) is 5.73 Å². The zero-order valence-electron chi connectivity index (χ0n) is 8.72. The monoisotopic (exact) mass is 269 g/mol. The molecule has 0 fully saturated rings. The first kappa shape index (κ1) is 11.0. The largest absolute Gasteiger partial charge is 0.506 e. The Morgan fingerprint density at radius 2 is 2.20 bits per heavy atom. The molecule has 0 atom stereocenters. The second-order valence-corrected chi connectivity index (χ2v) is 4.87. The van der Waals surface area contributed by atoms with Crippen molar-refractivity contribution in [1.29, 1.82) is 0 Å². The highest BCUT2D eigenvalue weighted by molar-refractivity contribution is 9.10. The lowest BCUT2D eigenvalue weighted by molar-refractivity contribution is 0.463. The maximum atomic E-state index is 10.0. The molecule has 15 heavy (non-hydrogen) atoms. The Bertz CT molecular complexity index is 376. The molecule has 3 heteroatoms. The molecular formula is C12H16BrNO. The molecule has 0 aromatic heterocycles. The lowest BCUT2D eigenvalue weighted by Crippen LogP contribution is -2.01. The van der Waals surface area contributed by atoms with E-state index in [2.05, 4.69) is 22.0 Å². The molecule has 0 bridgehead atoms. The van der Waals surface area contributed by atoms with Crippen molar-refractivity contribution in [3.8, 4) is 5.75 Å². The van der Waals surface area contributed by atoms with E-state index in [9.17, 15) is 5.11 Å². The average molecular weight is 270 g/mol. The van der Waals surface area contributed by atoms with Gasteiger partial charge in [-0.15, -0.1) is 0 Å². The molecule has 0 radical (unpaired) electrons. The fourth-order valence-corrected chi connectivity index (χ4v) is 2.93. The van der Waals surface area contributed by atoms with Crippen LogP contribution in [0, 0.1) is 0 Å². The van der Waals surface area contributed by atoms with Gasteiger partial charge < -0.3 is 10.8 Å². The van der Waals surface area contributed by atoms with E-state index in [0.717, 1.165) is 35.7 Å². The van der Waals surface area contributed by atoms with Crippen LogP contribution in [0.5, 0.6) is 5.75 Å². The van der Waals surface area contributed by atoms with Gasteiger partial charge in [-0.1, -0.05) is 6.07 Å². The van der Waals surface area contributed by atoms with Gasteiger partial charge in [0.05, 0.1) is 4.47 Å². The fraction of sp³-hybridized carbons (Fsp3) is 0.500. The molecular weight excluding hydrogens is 254 g/mol. The van der Waals surface area contributed by atoms with Crippen LogP contribution in [0.1, 0.15) is 29.5 Å². The Balaban J connectivity index is 2.36. The van der Waals surface area contributed by atoms with Gasteiger partial charge in [0.15, 0.2) is 0 Å². The Hall–Kier alpha value is -0.540. The molecule has 1 aliphatic rings. The Morgan fingerprint density at radius 1 is 1.40 bits per heavy atom. The minimum Gasteiger partial charge on any atom is -0.506 e. The molecule has 82 valence electrons. The van der Waals surface area contributed by atoms with Crippen LogP contribution in [-0.2, 0) is 19.3 Å². The zero-order chi connectivity index (χ0) is 10.8. The van der Waals surface area contributed by atoms with Crippen molar-refractivity contribution < 1.29 is 5.11 Å². The summed E-state index contributed by atoms with van der Waals surface area (Å²) in [6.45, 7) is 0.675. The Kier molecular flexibility index (Phi) is 3.32. The number of hydrogen-bond acceptors (Lipinski definition) is 2. The van der Waals surface area contributed by atoms with Crippen LogP contribution in [0.3, 0.4) is 0 Å². The van der Waals surface area contributed by atoms with Crippen LogP contribution < -0.4 is 5.73 Å². The first-order chi connectivity index (χ1) is 7.24. The van der Waals surface area contributed by atoms with Crippen LogP contribution in [0.25, 0.3) is 0 Å². The van der Waals surface area contributed by atoms with Crippen LogP contribution in [0.15, 0.2) is 10.5 Å². The summed E-state index contributed by atoms with van der Waals surface area (Å²) < 4.78 is 0.907. The highest BCUT2D eigenvalue weighted by Crippen LogP contribution is 2.38. The van der Waals surface area contributed by atoms with Crippen LogP contribution in [0.2, 0.25) is 0 Å². The van der Waals surface area contributed by atoms with E-state index in [-0.39, 0.29) is 0 Å². The third-order valence-corrected chi connectivity index (χ3v) is 3.89. The summed E-state index contributed by atoms with van der Waals surface area (Å²) in [5, 5.41) is 10.0. The average Bonchev–Trinajstić information content (AvgIpc) is 2.69. The lowest BCUT2D eigenvalue weighted by atomic mass is 10.0. The van der Waals surface area contributed by atoms with Gasteiger partial charge in [0, 0.05) is 0 Å². The van der Waals surface area contributed by atoms with Gasteiger partial charge in [0.2, 0.25) is 0 Å². The predicted octanol–water partition coefficient (Wildman–Crippen LogP) is 2.53. The number of nitrogens with two attached hydrogens (primary N) is 1. The Morgan fingerprint density at radius 3 is 2.93 bits per heavy atom. The summed E-state index contributed by atoms with van der Waals surface area (Å²) in [6.07, 6.45) is 5.23. The van der Waals surface area contributed by atoms with Crippen molar-refractivity contribution in [3.63, 3.8) is 0 Å². The van der Waals surface area contributed by atoms with Crippen LogP contribution in [0.4, 0.5) is 0 Å². The molecule has 0 amide bonds. The molecule has 1 aromatic rings. The number of halogens is 1. The molecule has 0 spiro atoms. The van der Waals surface area contributed by atoms with E-state index in [1.54, 1.807) is 0 Å². The number of rotatable bonds is 3. The molecule has 2 rings (SSSR count). The zero-order valence-corrected chi connectivity index (χ0v) is 10.3. The quantitative estimate of drug-likeness (QED) is 0.886. The Labute approximate surface area is 98.6 Å². The standard InChI is InChI=1S/C12H16BrNO/c13-11-10-5-1-3-8(10)7-9(12(11)15)4-2-6-14/h7,15H,1-6,14H2. The maximum absolute atomic E-state index is 10.0. The van der Waals surface area contributed by atoms with Crippen molar-refractivity contribution in [3.05, 3.63) is 27.2 Å². The molecule has 2 nitrogen and oxygen atoms in total. The summed E-state index contributed by atoms with van der Waals surface area (Å²) in [6, 6.07) is 2.15. The van der Waals surface area contributed by atoms with Gasteiger partial charge in [-0.3, -0.25) is 0 Å². The number of phenols is 1. The summed E-state index contributed by atoms with van der Waals surface area (Å²) in [7, 11) is 0. The number of aromatic hydroxyl groups is 1. The summed E-state index contributed by atoms with van der Waals surface area (Å²) in [5.74, 6) is 0.420. The van der Waals surface area contributed by atoms with Crippen LogP contribution >= 0.6 is 15.9 Å². The van der Waals surface area contributed by atoms with E-state index in [0.29, 0.717) is 12.3 Å². The lowest BCUT2D eigenvalue weighted by Gasteiger charge is -2.10. The number of hydrogen-bond donors (Lipinski definition) is 2. The molecule has 3 N–H and O–H groups in total. The fourth-order valence-electron chi connectivity index (χ4n) is 2.22. The third kappa shape index (κ3) is 2.04. The van der Waals surface area contributed by atoms with Gasteiger partial charge in [0.25, 0.3) is 0 Å². The number of benzene rings is 1. The van der Waals surface area contributed by atoms with E-state index >= 15 is 0 Å². The minimum absolute atomic E-state index is 0.420. The smallest absolute Gasteiger partial charge is 0.133 e. The second-order valence-electron chi connectivity index (χ2n) is 4.08. The predicted molar refractivity (Wildman–Crippen MR) is 65.2 cm³/mol. The van der Waals surface area contributed by atoms with Crippen molar-refractivity contribution >= 4 is 15.9 Å². The van der Waals surface area contributed by atoms with Gasteiger partial charge >= 0.3 is 0 Å². The van der Waals surface area contributed by atoms with Crippen LogP contribution in [-0.4, -0.2) is 11.7 Å². The van der Waals surface area contributed by atoms with Crippen molar-refractivity contribution in [2.75, 3.05) is 6.54 Å². The molecule has 0 saturated carbocycles. The van der Waals surface area contributed by atoms with E-state index in [1.165, 1.54) is 17.5 Å². The first-order valence-corrected chi connectivity index (χ1v) is 6.25. The highest BCUT2D eigenvalue weighted by Gasteiger charge is 2.19. The second kappa shape index (κ2) is 4.54. The number of phenolic OH excluding ortho intramolecular Hbond substituents is 1. The van der Waals surface area contributed by atoms with Gasteiger partial charge in [-0.05, 0) is 71.3 Å². The minimum atomic E-state index is 0.420. The van der Waals surface area contributed by atoms with Gasteiger partial charge in [0.1, 0.15) is 5.75 Å². The van der Waals surface area contributed by atoms with E-state index < -0.39 is 0 Å². The van der Waals surface area contributed by atoms with Crippen molar-refractivity contribution in [1.82, 2.24) is 0 Å². The van der Waals surface area contributed by atoms with Crippen molar-refractivity contribution in [2.24, 2.45) is 5.73 Å². The molecule has 0 unspecified atom stereocenters. The van der Waals surface area contributed by atoms with Crippen molar-refractivity contribution in [2.45, 2.75) is 32.1 Å². The number of fused-ring (bicyclic) bond motifs is 1. The molecule has 0 saturated heterocycles. The molecule has 1 aromatic carbocycles. The molecule has 1 aliphatic carbocycles.